The summed E-state index contributed by atoms with van der Waals surface area (Å²) in [6, 6.07) is 5.32. The predicted molar refractivity (Wildman–Crippen MR) is 144 cm³/mol. The van der Waals surface area contributed by atoms with Gasteiger partial charge in [-0.2, -0.15) is 0 Å². The van der Waals surface area contributed by atoms with Crippen LogP contribution in [0.15, 0.2) is 28.8 Å². The Hall–Kier alpha value is -2.12. The lowest BCUT2D eigenvalue weighted by molar-refractivity contribution is -0.129. The first-order valence-electron chi connectivity index (χ1n) is 12.8. The minimum absolute atomic E-state index is 0.101. The van der Waals surface area contributed by atoms with Crippen LogP contribution in [0.3, 0.4) is 0 Å². The van der Waals surface area contributed by atoms with Gasteiger partial charge in [0, 0.05) is 26.2 Å². The summed E-state index contributed by atoms with van der Waals surface area (Å²) >= 11 is 6.41. The molecule has 1 amide bonds. The summed E-state index contributed by atoms with van der Waals surface area (Å²) < 4.78 is 5.49. The van der Waals surface area contributed by atoms with E-state index in [0.29, 0.717) is 42.1 Å². The van der Waals surface area contributed by atoms with Crippen LogP contribution in [-0.4, -0.2) is 72.2 Å². The summed E-state index contributed by atoms with van der Waals surface area (Å²) in [4.78, 5) is 26.6. The molecule has 35 heavy (non-hydrogen) atoms. The molecule has 0 saturated carbocycles. The Morgan fingerprint density at radius 1 is 1.17 bits per heavy atom. The molecule has 0 aromatic carbocycles. The van der Waals surface area contributed by atoms with E-state index in [4.69, 9.17) is 22.1 Å². The first-order chi connectivity index (χ1) is 16.6. The van der Waals surface area contributed by atoms with Crippen molar-refractivity contribution in [3.63, 3.8) is 0 Å². The van der Waals surface area contributed by atoms with E-state index in [9.17, 15) is 4.79 Å². The van der Waals surface area contributed by atoms with Crippen LogP contribution in [0.4, 0.5) is 0 Å². The number of rotatable bonds is 7. The van der Waals surface area contributed by atoms with Gasteiger partial charge in [0.15, 0.2) is 0 Å². The lowest BCUT2D eigenvalue weighted by atomic mass is 9.71. The average molecular weight is 504 g/mol. The number of nitrogens with two attached hydrogens (primary N) is 1. The van der Waals surface area contributed by atoms with Gasteiger partial charge in [-0.15, -0.1) is 0 Å². The van der Waals surface area contributed by atoms with E-state index in [2.05, 4.69) is 35.6 Å². The highest BCUT2D eigenvalue weighted by Gasteiger charge is 2.39. The number of piperidine rings is 2. The zero-order valence-electron chi connectivity index (χ0n) is 22.1. The number of nitrogens with zero attached hydrogens (tertiary/aromatic N) is 4. The van der Waals surface area contributed by atoms with E-state index in [1.807, 2.05) is 11.8 Å². The van der Waals surface area contributed by atoms with Gasteiger partial charge < -0.3 is 20.3 Å². The third-order valence-electron chi connectivity index (χ3n) is 7.38. The van der Waals surface area contributed by atoms with Crippen molar-refractivity contribution in [2.75, 3.05) is 46.4 Å². The van der Waals surface area contributed by atoms with Crippen molar-refractivity contribution < 1.29 is 9.53 Å². The number of aliphatic imine (C=N–C) groups is 1. The number of carbonyl (C=O) groups is 1. The summed E-state index contributed by atoms with van der Waals surface area (Å²) in [5.41, 5.74) is 8.04. The number of halogens is 1. The van der Waals surface area contributed by atoms with Gasteiger partial charge in [0.1, 0.15) is 10.7 Å². The van der Waals surface area contributed by atoms with Crippen LogP contribution >= 0.6 is 11.6 Å². The third-order valence-corrected chi connectivity index (χ3v) is 7.74. The fourth-order valence-corrected chi connectivity index (χ4v) is 5.12. The van der Waals surface area contributed by atoms with Gasteiger partial charge >= 0.3 is 0 Å². The molecule has 0 unspecified atom stereocenters. The molecule has 8 heteroatoms. The fourth-order valence-electron chi connectivity index (χ4n) is 4.93. The molecule has 1 aromatic rings. The maximum absolute atomic E-state index is 13.6. The van der Waals surface area contributed by atoms with E-state index in [1.165, 1.54) is 25.8 Å². The van der Waals surface area contributed by atoms with Crippen molar-refractivity contribution >= 4 is 28.4 Å². The van der Waals surface area contributed by atoms with E-state index < -0.39 is 0 Å². The average Bonchev–Trinajstić information content (AvgIpc) is 2.84. The van der Waals surface area contributed by atoms with Gasteiger partial charge in [0.05, 0.1) is 18.0 Å². The van der Waals surface area contributed by atoms with Crippen LogP contribution in [0, 0.1) is 10.8 Å². The lowest BCUT2D eigenvalue weighted by Gasteiger charge is -2.47. The fraction of sp³-hybridized carbons (Fsp3) is 0.667. The highest BCUT2D eigenvalue weighted by molar-refractivity contribution is 6.73. The number of hydrogen-bond donors (Lipinski definition) is 1. The van der Waals surface area contributed by atoms with E-state index >= 15 is 0 Å². The summed E-state index contributed by atoms with van der Waals surface area (Å²) in [6.45, 7) is 14.2. The molecule has 2 saturated heterocycles. The molecule has 2 N–H and O–H groups in total. The second kappa shape index (κ2) is 11.7. The van der Waals surface area contributed by atoms with Crippen LogP contribution in [0.25, 0.3) is 5.70 Å². The molecule has 0 bridgehead atoms. The molecule has 0 radical (unpaired) electrons. The Kier molecular flexibility index (Phi) is 9.22. The topological polar surface area (TPSA) is 84.0 Å². The molecule has 3 heterocycles. The molecule has 2 aliphatic heterocycles. The van der Waals surface area contributed by atoms with E-state index in [-0.39, 0.29) is 22.3 Å². The highest BCUT2D eigenvalue weighted by Crippen LogP contribution is 2.42. The van der Waals surface area contributed by atoms with Crippen molar-refractivity contribution in [3.8, 4) is 5.88 Å². The second-order valence-corrected chi connectivity index (χ2v) is 11.4. The molecule has 1 aromatic heterocycles. The van der Waals surface area contributed by atoms with Crippen molar-refractivity contribution in [1.82, 2.24) is 14.8 Å². The Bertz CT molecular complexity index is 935. The molecular weight excluding hydrogens is 462 g/mol. The number of likely N-dealkylation sites (tertiary alicyclic amines) is 2. The quantitative estimate of drug-likeness (QED) is 0.435. The largest absolute Gasteiger partial charge is 0.478 e. The predicted octanol–water partition coefficient (Wildman–Crippen LogP) is 4.56. The molecule has 194 valence electrons. The van der Waals surface area contributed by atoms with Crippen molar-refractivity contribution in [1.29, 1.82) is 0 Å². The minimum Gasteiger partial charge on any atom is -0.478 e. The van der Waals surface area contributed by atoms with Crippen molar-refractivity contribution in [2.24, 2.45) is 21.6 Å². The first-order valence-corrected chi connectivity index (χ1v) is 13.2. The van der Waals surface area contributed by atoms with Crippen molar-refractivity contribution in [3.05, 3.63) is 29.5 Å². The van der Waals surface area contributed by atoms with Crippen molar-refractivity contribution in [2.45, 2.75) is 59.8 Å². The van der Waals surface area contributed by atoms with Crippen LogP contribution in [0.2, 0.25) is 0 Å². The summed E-state index contributed by atoms with van der Waals surface area (Å²) in [5, 5.41) is 0.101. The van der Waals surface area contributed by atoms with Crippen LogP contribution in [0.5, 0.6) is 5.88 Å². The molecule has 7 nitrogen and oxygen atoms in total. The van der Waals surface area contributed by atoms with Crippen LogP contribution < -0.4 is 10.5 Å². The van der Waals surface area contributed by atoms with E-state index in [1.54, 1.807) is 25.2 Å². The Balaban J connectivity index is 1.68. The van der Waals surface area contributed by atoms with Gasteiger partial charge in [0.25, 0.3) is 5.91 Å². The smallest absolute Gasteiger partial charge is 0.259 e. The van der Waals surface area contributed by atoms with Gasteiger partial charge in [-0.05, 0) is 75.6 Å². The normalized spacial score (nSPS) is 20.1. The standard InChI is InChI=1S/C27H42ClN5O2/c1-6-35-21-9-7-8-20(31-21)23(29)22(24(28)30-5)25(34)33-18-13-27(14-19-33)11-16-32(17-12-27)15-10-26(2,3)4/h7-9H,6,10-19,29H2,1-5H3/b23-22+,30-24?. The summed E-state index contributed by atoms with van der Waals surface area (Å²) in [6.07, 6.45) is 5.65. The molecule has 0 atom stereocenters. The Labute approximate surface area is 215 Å². The zero-order chi connectivity index (χ0) is 25.6. The molecule has 2 fully saturated rings. The second-order valence-electron chi connectivity index (χ2n) is 11.0. The third kappa shape index (κ3) is 7.20. The SMILES string of the molecule is CCOc1cccc(/C(N)=C(\C(=O)N2CCC3(CCN(CCC(C)(C)C)CC3)CC2)C(Cl)=NC)n1. The number of amides is 1. The number of ether oxygens (including phenoxy) is 1. The Morgan fingerprint density at radius 3 is 2.37 bits per heavy atom. The maximum atomic E-state index is 13.6. The number of aromatic nitrogens is 1. The van der Waals surface area contributed by atoms with E-state index in [0.717, 1.165) is 25.9 Å². The lowest BCUT2D eigenvalue weighted by Crippen LogP contribution is -2.49. The monoisotopic (exact) mass is 503 g/mol. The molecule has 0 aliphatic carbocycles. The van der Waals surface area contributed by atoms with Gasteiger partial charge in [-0.25, -0.2) is 4.98 Å². The Morgan fingerprint density at radius 2 is 1.80 bits per heavy atom. The molecule has 2 aliphatic rings. The van der Waals surface area contributed by atoms with Gasteiger partial charge in [0.2, 0.25) is 5.88 Å². The van der Waals surface area contributed by atoms with Gasteiger partial charge in [-0.3, -0.25) is 9.79 Å². The summed E-state index contributed by atoms with van der Waals surface area (Å²) in [7, 11) is 1.56. The zero-order valence-corrected chi connectivity index (χ0v) is 22.8. The molecule has 3 rings (SSSR count). The van der Waals surface area contributed by atoms with Gasteiger partial charge in [-0.1, -0.05) is 38.4 Å². The number of hydrogen-bond acceptors (Lipinski definition) is 6. The highest BCUT2D eigenvalue weighted by atomic mass is 35.5. The van der Waals surface area contributed by atoms with Crippen LogP contribution in [0.1, 0.15) is 65.5 Å². The number of pyridine rings is 1. The molecular formula is C27H42ClN5O2. The maximum Gasteiger partial charge on any atom is 0.259 e. The molecule has 1 spiro atoms. The first kappa shape index (κ1) is 27.5. The summed E-state index contributed by atoms with van der Waals surface area (Å²) in [5.74, 6) is 0.275. The minimum atomic E-state index is -0.181. The number of carbonyl (C=O) groups excluding carboxylic acids is 1. The van der Waals surface area contributed by atoms with Crippen LogP contribution in [-0.2, 0) is 4.79 Å².